The number of rotatable bonds is 1. The van der Waals surface area contributed by atoms with Crippen LogP contribution in [0.2, 0.25) is 0 Å². The number of hydrogen-bond acceptors (Lipinski definition) is 2. The molecule has 0 radical (unpaired) electrons. The lowest BCUT2D eigenvalue weighted by Gasteiger charge is -2.01. The molecule has 3 nitrogen and oxygen atoms in total. The molecule has 0 aliphatic heterocycles. The van der Waals surface area contributed by atoms with Gasteiger partial charge in [-0.3, -0.25) is 4.79 Å². The van der Waals surface area contributed by atoms with Crippen molar-refractivity contribution in [2.75, 3.05) is 0 Å². The van der Waals surface area contributed by atoms with Gasteiger partial charge < -0.3 is 4.98 Å². The van der Waals surface area contributed by atoms with Crippen LogP contribution in [0.25, 0.3) is 11.1 Å². The number of nitriles is 1. The third-order valence-corrected chi connectivity index (χ3v) is 2.21. The number of pyridine rings is 1. The highest BCUT2D eigenvalue weighted by atomic mass is 19.1. The van der Waals surface area contributed by atoms with Gasteiger partial charge in [0.15, 0.2) is 0 Å². The highest BCUT2D eigenvalue weighted by molar-refractivity contribution is 5.63. The number of nitrogens with zero attached hydrogens (tertiary/aromatic N) is 1. The average Bonchev–Trinajstić information content (AvgIpc) is 2.30. The molecule has 1 aromatic carbocycles. The predicted octanol–water partition coefficient (Wildman–Crippen LogP) is 2.05. The zero-order valence-electron chi connectivity index (χ0n) is 8.20. The Balaban J connectivity index is 2.63. The van der Waals surface area contributed by atoms with Crippen LogP contribution in [0.3, 0.4) is 0 Å². The first-order valence-corrected chi connectivity index (χ1v) is 4.60. The molecule has 78 valence electrons. The van der Waals surface area contributed by atoms with E-state index in [1.165, 1.54) is 24.4 Å². The van der Waals surface area contributed by atoms with Crippen LogP contribution < -0.4 is 5.56 Å². The van der Waals surface area contributed by atoms with Crippen molar-refractivity contribution in [3.8, 4) is 17.2 Å². The SMILES string of the molecule is N#Cc1ccc(-c2ccc[nH]c2=O)c(F)c1. The Morgan fingerprint density at radius 3 is 2.69 bits per heavy atom. The van der Waals surface area contributed by atoms with Gasteiger partial charge >= 0.3 is 0 Å². The predicted molar refractivity (Wildman–Crippen MR) is 57.2 cm³/mol. The lowest BCUT2D eigenvalue weighted by Crippen LogP contribution is -2.07. The minimum atomic E-state index is -0.573. The summed E-state index contributed by atoms with van der Waals surface area (Å²) in [6.07, 6.45) is 1.48. The highest BCUT2D eigenvalue weighted by Crippen LogP contribution is 2.19. The fourth-order valence-electron chi connectivity index (χ4n) is 1.44. The molecule has 4 heteroatoms. The normalized spacial score (nSPS) is 9.75. The molecule has 0 saturated heterocycles. The summed E-state index contributed by atoms with van der Waals surface area (Å²) in [5.41, 5.74) is 0.324. The Hall–Kier alpha value is -2.41. The van der Waals surface area contributed by atoms with Crippen LogP contribution in [0.15, 0.2) is 41.3 Å². The molecule has 0 bridgehead atoms. The topological polar surface area (TPSA) is 56.6 Å². The number of benzene rings is 1. The molecule has 2 rings (SSSR count). The van der Waals surface area contributed by atoms with Crippen molar-refractivity contribution >= 4 is 0 Å². The van der Waals surface area contributed by atoms with Crippen molar-refractivity contribution in [3.05, 3.63) is 58.3 Å². The van der Waals surface area contributed by atoms with Crippen molar-refractivity contribution in [2.24, 2.45) is 0 Å². The van der Waals surface area contributed by atoms with Crippen LogP contribution in [0.4, 0.5) is 4.39 Å². The Kier molecular flexibility index (Phi) is 2.52. The number of nitrogens with one attached hydrogen (secondary N) is 1. The van der Waals surface area contributed by atoms with Crippen LogP contribution >= 0.6 is 0 Å². The summed E-state index contributed by atoms with van der Waals surface area (Å²) in [4.78, 5) is 13.9. The van der Waals surface area contributed by atoms with Crippen LogP contribution in [0.1, 0.15) is 5.56 Å². The summed E-state index contributed by atoms with van der Waals surface area (Å²) in [5, 5.41) is 8.59. The molecule has 2 aromatic rings. The molecule has 1 N–H and O–H groups in total. The summed E-state index contributed by atoms with van der Waals surface area (Å²) in [7, 11) is 0. The van der Waals surface area contributed by atoms with Gasteiger partial charge in [0.1, 0.15) is 5.82 Å². The smallest absolute Gasteiger partial charge is 0.255 e. The van der Waals surface area contributed by atoms with E-state index >= 15 is 0 Å². The second kappa shape index (κ2) is 3.99. The molecule has 0 amide bonds. The molecule has 16 heavy (non-hydrogen) atoms. The van der Waals surface area contributed by atoms with Crippen LogP contribution in [0.5, 0.6) is 0 Å². The van der Waals surface area contributed by atoms with Crippen molar-refractivity contribution in [1.82, 2.24) is 4.98 Å². The fraction of sp³-hybridized carbons (Fsp3) is 0. The molecule has 0 fully saturated rings. The van der Waals surface area contributed by atoms with Crippen molar-refractivity contribution in [3.63, 3.8) is 0 Å². The lowest BCUT2D eigenvalue weighted by molar-refractivity contribution is 0.630. The zero-order valence-corrected chi connectivity index (χ0v) is 8.20. The van der Waals surface area contributed by atoms with E-state index < -0.39 is 5.82 Å². The number of halogens is 1. The van der Waals surface area contributed by atoms with Crippen molar-refractivity contribution < 1.29 is 4.39 Å². The molecule has 0 unspecified atom stereocenters. The molecular formula is C12H7FN2O. The first-order valence-electron chi connectivity index (χ1n) is 4.60. The van der Waals surface area contributed by atoms with Crippen molar-refractivity contribution in [1.29, 1.82) is 5.26 Å². The summed E-state index contributed by atoms with van der Waals surface area (Å²) >= 11 is 0. The Labute approximate surface area is 90.8 Å². The highest BCUT2D eigenvalue weighted by Gasteiger charge is 2.08. The average molecular weight is 214 g/mol. The van der Waals surface area contributed by atoms with E-state index in [1.807, 2.05) is 6.07 Å². The van der Waals surface area contributed by atoms with E-state index in [0.29, 0.717) is 0 Å². The second-order valence-electron chi connectivity index (χ2n) is 3.22. The van der Waals surface area contributed by atoms with Gasteiger partial charge in [0, 0.05) is 17.3 Å². The Morgan fingerprint density at radius 1 is 1.25 bits per heavy atom. The molecule has 1 aromatic heterocycles. The molecule has 0 spiro atoms. The van der Waals surface area contributed by atoms with Gasteiger partial charge in [0.2, 0.25) is 0 Å². The number of hydrogen-bond donors (Lipinski definition) is 1. The van der Waals surface area contributed by atoms with Gasteiger partial charge in [-0.15, -0.1) is 0 Å². The molecule has 0 aliphatic carbocycles. The van der Waals surface area contributed by atoms with Crippen LogP contribution in [-0.4, -0.2) is 4.98 Å². The fourth-order valence-corrected chi connectivity index (χ4v) is 1.44. The van der Waals surface area contributed by atoms with E-state index in [2.05, 4.69) is 4.98 Å². The van der Waals surface area contributed by atoms with Gasteiger partial charge in [0.05, 0.1) is 11.6 Å². The first kappa shape index (κ1) is 10.1. The Bertz CT molecular complexity index is 625. The summed E-state index contributed by atoms with van der Waals surface area (Å²) in [6.45, 7) is 0. The maximum absolute atomic E-state index is 13.6. The van der Waals surface area contributed by atoms with Crippen LogP contribution in [0, 0.1) is 17.1 Å². The zero-order chi connectivity index (χ0) is 11.5. The van der Waals surface area contributed by atoms with E-state index in [4.69, 9.17) is 5.26 Å². The van der Waals surface area contributed by atoms with Gasteiger partial charge in [-0.2, -0.15) is 5.26 Å². The monoisotopic (exact) mass is 214 g/mol. The molecule has 0 aliphatic rings. The van der Waals surface area contributed by atoms with E-state index in [1.54, 1.807) is 6.07 Å². The van der Waals surface area contributed by atoms with Gasteiger partial charge in [0.25, 0.3) is 5.56 Å². The molecule has 0 atom stereocenters. The standard InChI is InChI=1S/C12H7FN2O/c13-11-6-8(7-14)3-4-9(11)10-2-1-5-15-12(10)16/h1-6H,(H,15,16). The quantitative estimate of drug-likeness (QED) is 0.789. The van der Waals surface area contributed by atoms with E-state index in [9.17, 15) is 9.18 Å². The first-order chi connectivity index (χ1) is 7.72. The Morgan fingerprint density at radius 2 is 2.06 bits per heavy atom. The lowest BCUT2D eigenvalue weighted by atomic mass is 10.1. The van der Waals surface area contributed by atoms with Gasteiger partial charge in [-0.25, -0.2) is 4.39 Å². The molecular weight excluding hydrogens is 207 g/mol. The minimum Gasteiger partial charge on any atom is -0.329 e. The van der Waals surface area contributed by atoms with E-state index in [-0.39, 0.29) is 22.2 Å². The van der Waals surface area contributed by atoms with Gasteiger partial charge in [-0.1, -0.05) is 0 Å². The maximum atomic E-state index is 13.6. The minimum absolute atomic E-state index is 0.195. The van der Waals surface area contributed by atoms with Crippen molar-refractivity contribution in [2.45, 2.75) is 0 Å². The van der Waals surface area contributed by atoms with Gasteiger partial charge in [-0.05, 0) is 30.3 Å². The second-order valence-corrected chi connectivity index (χ2v) is 3.22. The molecule has 1 heterocycles. The third kappa shape index (κ3) is 1.71. The number of aromatic amines is 1. The number of aromatic nitrogens is 1. The molecule has 0 saturated carbocycles. The third-order valence-electron chi connectivity index (χ3n) is 2.21. The van der Waals surface area contributed by atoms with Crippen LogP contribution in [-0.2, 0) is 0 Å². The maximum Gasteiger partial charge on any atom is 0.255 e. The summed E-state index contributed by atoms with van der Waals surface area (Å²) in [6, 6.07) is 9.00. The largest absolute Gasteiger partial charge is 0.329 e. The van der Waals surface area contributed by atoms with E-state index in [0.717, 1.165) is 6.07 Å². The summed E-state index contributed by atoms with van der Waals surface area (Å²) < 4.78 is 13.6. The number of H-pyrrole nitrogens is 1. The summed E-state index contributed by atoms with van der Waals surface area (Å²) in [5.74, 6) is -0.573.